The van der Waals surface area contributed by atoms with E-state index in [1.54, 1.807) is 12.1 Å². The van der Waals surface area contributed by atoms with Crippen LogP contribution in [0.2, 0.25) is 0 Å². The highest BCUT2D eigenvalue weighted by atomic mass is 16.6. The molecule has 0 saturated carbocycles. The molecule has 0 amide bonds. The monoisotopic (exact) mass is 546 g/mol. The average molecular weight is 547 g/mol. The zero-order chi connectivity index (χ0) is 28.7. The molecule has 7 heteroatoms. The summed E-state index contributed by atoms with van der Waals surface area (Å²) in [5.41, 5.74) is 2.89. The Hall–Kier alpha value is -5.04. The third kappa shape index (κ3) is 3.96. The van der Waals surface area contributed by atoms with Gasteiger partial charge in [0, 0.05) is 34.5 Å². The van der Waals surface area contributed by atoms with Crippen LogP contribution in [0.3, 0.4) is 0 Å². The predicted octanol–water partition coefficient (Wildman–Crippen LogP) is 7.28. The number of cyclic esters (lactones) is 1. The first kappa shape index (κ1) is 26.2. The molecular formula is C34H30N2O5. The van der Waals surface area contributed by atoms with Crippen LogP contribution in [0, 0.1) is 6.92 Å². The van der Waals surface area contributed by atoms with Gasteiger partial charge in [-0.1, -0.05) is 42.5 Å². The lowest BCUT2D eigenvalue weighted by molar-refractivity contribution is 0.0130. The van der Waals surface area contributed by atoms with Crippen molar-refractivity contribution in [2.24, 2.45) is 0 Å². The summed E-state index contributed by atoms with van der Waals surface area (Å²) in [6, 6.07) is 29.9. The number of rotatable bonds is 8. The Kier molecular flexibility index (Phi) is 6.50. The lowest BCUT2D eigenvalue weighted by atomic mass is 9.85. The van der Waals surface area contributed by atoms with E-state index in [0.717, 1.165) is 22.3 Å². The third-order valence-electron chi connectivity index (χ3n) is 7.72. The quantitative estimate of drug-likeness (QED) is 0.206. The number of carbonyl (C=O) groups is 2. The van der Waals surface area contributed by atoms with Gasteiger partial charge >= 0.3 is 11.9 Å². The number of hydrogen-bond donors (Lipinski definition) is 1. The van der Waals surface area contributed by atoms with Gasteiger partial charge in [-0.3, -0.25) is 4.90 Å². The molecule has 1 atom stereocenters. The summed E-state index contributed by atoms with van der Waals surface area (Å²) in [5, 5.41) is 11.3. The maximum absolute atomic E-state index is 13.8. The molecule has 7 nitrogen and oxygen atoms in total. The van der Waals surface area contributed by atoms with Gasteiger partial charge in [0.25, 0.3) is 0 Å². The molecular weight excluding hydrogens is 516 g/mol. The number of fused-ring (bicyclic) bond motifs is 2. The first-order valence-electron chi connectivity index (χ1n) is 13.7. The van der Waals surface area contributed by atoms with Crippen molar-refractivity contribution in [2.45, 2.75) is 33.0 Å². The highest BCUT2D eigenvalue weighted by Gasteiger charge is 2.56. The number of anilines is 2. The maximum atomic E-state index is 13.8. The molecule has 4 aromatic carbocycles. The molecule has 5 aromatic rings. The Morgan fingerprint density at radius 2 is 1.56 bits per heavy atom. The van der Waals surface area contributed by atoms with E-state index < -0.39 is 17.7 Å². The third-order valence-corrected chi connectivity index (χ3v) is 7.72. The highest BCUT2D eigenvalue weighted by Crippen LogP contribution is 2.54. The fourth-order valence-electron chi connectivity index (χ4n) is 6.17. The second-order valence-electron chi connectivity index (χ2n) is 9.89. The smallest absolute Gasteiger partial charge is 0.341 e. The number of carboxylic acids is 1. The van der Waals surface area contributed by atoms with E-state index in [4.69, 9.17) is 9.47 Å². The van der Waals surface area contributed by atoms with Crippen molar-refractivity contribution in [3.63, 3.8) is 0 Å². The Bertz CT molecular complexity index is 1780. The number of hydrogen-bond acceptors (Lipinski definition) is 5. The molecule has 0 fully saturated rings. The molecule has 1 N–H and O–H groups in total. The fraction of sp³-hybridized carbons (Fsp3) is 0.176. The molecule has 1 aliphatic rings. The van der Waals surface area contributed by atoms with E-state index in [1.807, 2.05) is 97.6 Å². The number of aromatic nitrogens is 1. The topological polar surface area (TPSA) is 81.0 Å². The van der Waals surface area contributed by atoms with Gasteiger partial charge < -0.3 is 19.1 Å². The van der Waals surface area contributed by atoms with E-state index in [0.29, 0.717) is 35.7 Å². The molecule has 1 unspecified atom stereocenters. The molecule has 0 aliphatic carbocycles. The Morgan fingerprint density at radius 3 is 2.24 bits per heavy atom. The van der Waals surface area contributed by atoms with Crippen LogP contribution in [0.25, 0.3) is 10.9 Å². The molecule has 0 saturated heterocycles. The van der Waals surface area contributed by atoms with E-state index in [1.165, 1.54) is 6.07 Å². The molecule has 1 aromatic heterocycles. The molecule has 2 heterocycles. The minimum absolute atomic E-state index is 0.00736. The predicted molar refractivity (Wildman–Crippen MR) is 158 cm³/mol. The number of ether oxygens (including phenoxy) is 2. The van der Waals surface area contributed by atoms with Gasteiger partial charge in [0.2, 0.25) is 5.72 Å². The Balaban J connectivity index is 1.80. The largest absolute Gasteiger partial charge is 0.494 e. The van der Waals surface area contributed by atoms with E-state index in [2.05, 4.69) is 11.5 Å². The second kappa shape index (κ2) is 10.2. The maximum Gasteiger partial charge on any atom is 0.341 e. The molecule has 6 rings (SSSR count). The van der Waals surface area contributed by atoms with Crippen LogP contribution in [0.15, 0.2) is 97.1 Å². The summed E-state index contributed by atoms with van der Waals surface area (Å²) in [4.78, 5) is 28.5. The number of carboxylic acid groups (broad SMARTS) is 1. The summed E-state index contributed by atoms with van der Waals surface area (Å²) in [7, 11) is 0. The van der Waals surface area contributed by atoms with Crippen LogP contribution in [-0.2, 0) is 17.0 Å². The average Bonchev–Trinajstić information content (AvgIpc) is 3.45. The summed E-state index contributed by atoms with van der Waals surface area (Å²) >= 11 is 0. The molecule has 0 radical (unpaired) electrons. The second-order valence-corrected chi connectivity index (χ2v) is 9.89. The lowest BCUT2D eigenvalue weighted by Crippen LogP contribution is -2.46. The lowest BCUT2D eigenvalue weighted by Gasteiger charge is -2.42. The molecule has 1 aliphatic heterocycles. The number of carbonyl (C=O) groups excluding carboxylic acids is 1. The van der Waals surface area contributed by atoms with Crippen LogP contribution in [-0.4, -0.2) is 28.2 Å². The summed E-state index contributed by atoms with van der Waals surface area (Å²) < 4.78 is 14.5. The van der Waals surface area contributed by atoms with E-state index in [9.17, 15) is 14.7 Å². The van der Waals surface area contributed by atoms with Crippen molar-refractivity contribution in [1.82, 2.24) is 4.57 Å². The number of esters is 1. The molecule has 41 heavy (non-hydrogen) atoms. The summed E-state index contributed by atoms with van der Waals surface area (Å²) in [5.74, 6) is -1.02. The number of para-hydroxylation sites is 2. The molecule has 0 spiro atoms. The van der Waals surface area contributed by atoms with Crippen molar-refractivity contribution < 1.29 is 24.2 Å². The first-order valence-corrected chi connectivity index (χ1v) is 13.7. The minimum atomic E-state index is -1.64. The zero-order valence-electron chi connectivity index (χ0n) is 23.1. The molecule has 0 bridgehead atoms. The van der Waals surface area contributed by atoms with E-state index >= 15 is 0 Å². The van der Waals surface area contributed by atoms with Gasteiger partial charge in [0.15, 0.2) is 0 Å². The Labute approximate surface area is 238 Å². The van der Waals surface area contributed by atoms with Gasteiger partial charge in [-0.05, 0) is 75.4 Å². The van der Waals surface area contributed by atoms with Crippen LogP contribution < -0.4 is 9.64 Å². The van der Waals surface area contributed by atoms with Crippen molar-refractivity contribution in [3.05, 3.63) is 125 Å². The SMILES string of the molecule is CCOc1ccc(N(c2ccccc2)C2(c3c(C)n(CC)c4ccccc34)OC(=O)c3cccc(C(=O)O)c32)cc1. The number of benzene rings is 4. The standard InChI is InChI=1S/C34H30N2O5/c1-4-35-22(3)30(26-14-9-10-17-29(26)35)34(31-27(32(37)38)15-11-16-28(31)33(39)41-34)36(23-12-7-6-8-13-23)24-18-20-25(21-19-24)40-5-2/h6-21H,4-5H2,1-3H3,(H,37,38). The van der Waals surface area contributed by atoms with Crippen LogP contribution in [0.4, 0.5) is 11.4 Å². The van der Waals surface area contributed by atoms with Crippen molar-refractivity contribution in [2.75, 3.05) is 11.5 Å². The highest BCUT2D eigenvalue weighted by molar-refractivity contribution is 6.04. The van der Waals surface area contributed by atoms with Gasteiger partial charge in [-0.25, -0.2) is 9.59 Å². The summed E-state index contributed by atoms with van der Waals surface area (Å²) in [6.45, 7) is 7.19. The number of aromatic carboxylic acids is 1. The summed E-state index contributed by atoms with van der Waals surface area (Å²) in [6.07, 6.45) is 0. The zero-order valence-corrected chi connectivity index (χ0v) is 23.1. The van der Waals surface area contributed by atoms with Gasteiger partial charge in [-0.2, -0.15) is 0 Å². The number of nitrogens with zero attached hydrogens (tertiary/aromatic N) is 2. The minimum Gasteiger partial charge on any atom is -0.494 e. The number of aryl methyl sites for hydroxylation is 1. The normalized spacial score (nSPS) is 15.9. The Morgan fingerprint density at radius 1 is 0.878 bits per heavy atom. The molecule has 206 valence electrons. The van der Waals surface area contributed by atoms with Crippen LogP contribution in [0.1, 0.15) is 51.4 Å². The fourth-order valence-corrected chi connectivity index (χ4v) is 6.17. The van der Waals surface area contributed by atoms with E-state index in [-0.39, 0.29) is 11.1 Å². The van der Waals surface area contributed by atoms with Crippen molar-refractivity contribution in [1.29, 1.82) is 0 Å². The van der Waals surface area contributed by atoms with Gasteiger partial charge in [0.1, 0.15) is 5.75 Å². The van der Waals surface area contributed by atoms with Crippen LogP contribution >= 0.6 is 0 Å². The van der Waals surface area contributed by atoms with Gasteiger partial charge in [-0.15, -0.1) is 0 Å². The van der Waals surface area contributed by atoms with Crippen molar-refractivity contribution in [3.8, 4) is 5.75 Å². The van der Waals surface area contributed by atoms with Gasteiger partial charge in [0.05, 0.1) is 28.9 Å². The van der Waals surface area contributed by atoms with Crippen molar-refractivity contribution >= 4 is 34.2 Å². The van der Waals surface area contributed by atoms with Crippen LogP contribution in [0.5, 0.6) is 5.75 Å². The first-order chi connectivity index (χ1) is 19.9.